The monoisotopic (exact) mass is 430 g/mol. The zero-order valence-corrected chi connectivity index (χ0v) is 17.2. The van der Waals surface area contributed by atoms with E-state index >= 15 is 0 Å². The molecule has 0 aliphatic carbocycles. The third-order valence-corrected chi connectivity index (χ3v) is 5.81. The van der Waals surface area contributed by atoms with Gasteiger partial charge in [-0.1, -0.05) is 53.5 Å². The van der Waals surface area contributed by atoms with Crippen LogP contribution in [-0.2, 0) is 13.1 Å². The Kier molecular flexibility index (Phi) is 5.85. The fourth-order valence-corrected chi connectivity index (χ4v) is 4.18. The predicted molar refractivity (Wildman–Crippen MR) is 117 cm³/mol. The third-order valence-electron chi connectivity index (χ3n) is 5.18. The SMILES string of the molecule is O=[N+]([O-])c1c(Cl)nc2ccccc2c1NCc1ccc(Cl)c(CN2CCCC2)c1. The molecular formula is C21H20Cl2N4O2. The second-order valence-corrected chi connectivity index (χ2v) is 7.93. The van der Waals surface area contributed by atoms with E-state index < -0.39 is 4.92 Å². The van der Waals surface area contributed by atoms with Crippen molar-refractivity contribution < 1.29 is 4.92 Å². The number of nitrogens with zero attached hydrogens (tertiary/aromatic N) is 3. The van der Waals surface area contributed by atoms with E-state index in [1.54, 1.807) is 12.1 Å². The summed E-state index contributed by atoms with van der Waals surface area (Å²) in [7, 11) is 0. The number of hydrogen-bond donors (Lipinski definition) is 1. The molecule has 0 bridgehead atoms. The summed E-state index contributed by atoms with van der Waals surface area (Å²) in [5, 5.41) is 16.1. The minimum absolute atomic E-state index is 0.123. The molecule has 4 rings (SSSR count). The molecule has 0 amide bonds. The maximum absolute atomic E-state index is 11.6. The van der Waals surface area contributed by atoms with Crippen LogP contribution in [0.25, 0.3) is 10.9 Å². The van der Waals surface area contributed by atoms with Crippen molar-refractivity contribution in [1.29, 1.82) is 0 Å². The quantitative estimate of drug-likeness (QED) is 0.310. The Balaban J connectivity index is 1.63. The second-order valence-electron chi connectivity index (χ2n) is 7.16. The number of halogens is 2. The van der Waals surface area contributed by atoms with E-state index in [1.807, 2.05) is 24.3 Å². The Hall–Kier alpha value is -2.41. The first-order valence-electron chi connectivity index (χ1n) is 9.49. The lowest BCUT2D eigenvalue weighted by atomic mass is 10.1. The van der Waals surface area contributed by atoms with Gasteiger partial charge in [0.05, 0.1) is 10.4 Å². The summed E-state index contributed by atoms with van der Waals surface area (Å²) in [5.74, 6) is 0. The van der Waals surface area contributed by atoms with Crippen LogP contribution in [0.5, 0.6) is 0 Å². The van der Waals surface area contributed by atoms with Gasteiger partial charge in [0.1, 0.15) is 5.69 Å². The van der Waals surface area contributed by atoms with Gasteiger partial charge in [-0.3, -0.25) is 15.0 Å². The van der Waals surface area contributed by atoms with Crippen molar-refractivity contribution in [2.24, 2.45) is 0 Å². The molecule has 8 heteroatoms. The van der Waals surface area contributed by atoms with E-state index in [0.29, 0.717) is 23.1 Å². The number of nitro groups is 1. The maximum atomic E-state index is 11.6. The van der Waals surface area contributed by atoms with Gasteiger partial charge < -0.3 is 5.32 Å². The summed E-state index contributed by atoms with van der Waals surface area (Å²) in [6, 6.07) is 13.1. The molecule has 0 spiro atoms. The van der Waals surface area contributed by atoms with Crippen LogP contribution in [0.2, 0.25) is 10.2 Å². The summed E-state index contributed by atoms with van der Waals surface area (Å²) in [6.07, 6.45) is 2.44. The first kappa shape index (κ1) is 19.9. The van der Waals surface area contributed by atoms with Gasteiger partial charge in [0.15, 0.2) is 0 Å². The van der Waals surface area contributed by atoms with Crippen molar-refractivity contribution in [3.63, 3.8) is 0 Å². The van der Waals surface area contributed by atoms with Gasteiger partial charge in [-0.15, -0.1) is 0 Å². The van der Waals surface area contributed by atoms with Crippen molar-refractivity contribution in [3.05, 3.63) is 73.9 Å². The Bertz CT molecular complexity index is 1070. The number of hydrogen-bond acceptors (Lipinski definition) is 5. The van der Waals surface area contributed by atoms with Gasteiger partial charge in [0.2, 0.25) is 5.15 Å². The van der Waals surface area contributed by atoms with Crippen LogP contribution in [-0.4, -0.2) is 27.9 Å². The lowest BCUT2D eigenvalue weighted by molar-refractivity contribution is -0.384. The molecule has 29 heavy (non-hydrogen) atoms. The smallest absolute Gasteiger partial charge is 0.329 e. The molecule has 1 saturated heterocycles. The summed E-state index contributed by atoms with van der Waals surface area (Å²) in [4.78, 5) is 17.7. The van der Waals surface area contributed by atoms with E-state index in [0.717, 1.165) is 35.8 Å². The molecule has 3 aromatic rings. The van der Waals surface area contributed by atoms with Gasteiger partial charge in [-0.2, -0.15) is 0 Å². The summed E-state index contributed by atoms with van der Waals surface area (Å²) < 4.78 is 0. The minimum atomic E-state index is -0.495. The second kappa shape index (κ2) is 8.53. The van der Waals surface area contributed by atoms with Gasteiger partial charge in [0, 0.05) is 23.5 Å². The Morgan fingerprint density at radius 3 is 2.66 bits per heavy atom. The van der Waals surface area contributed by atoms with Crippen LogP contribution in [0.15, 0.2) is 42.5 Å². The van der Waals surface area contributed by atoms with Crippen molar-refractivity contribution in [1.82, 2.24) is 9.88 Å². The molecular weight excluding hydrogens is 411 g/mol. The van der Waals surface area contributed by atoms with Crippen LogP contribution in [0.1, 0.15) is 24.0 Å². The topological polar surface area (TPSA) is 71.3 Å². The first-order chi connectivity index (χ1) is 14.0. The zero-order valence-electron chi connectivity index (χ0n) is 15.7. The Morgan fingerprint density at radius 2 is 1.90 bits per heavy atom. The highest BCUT2D eigenvalue weighted by molar-refractivity contribution is 6.33. The van der Waals surface area contributed by atoms with E-state index in [2.05, 4.69) is 21.3 Å². The van der Waals surface area contributed by atoms with Crippen LogP contribution in [0.4, 0.5) is 11.4 Å². The zero-order chi connectivity index (χ0) is 20.4. The number of nitrogens with one attached hydrogen (secondary N) is 1. The van der Waals surface area contributed by atoms with Crippen LogP contribution in [0.3, 0.4) is 0 Å². The molecule has 1 aliphatic heterocycles. The Labute approximate surface area is 178 Å². The molecule has 1 N–H and O–H groups in total. The van der Waals surface area contributed by atoms with Crippen LogP contribution in [0, 0.1) is 10.1 Å². The highest BCUT2D eigenvalue weighted by atomic mass is 35.5. The van der Waals surface area contributed by atoms with Crippen LogP contribution >= 0.6 is 23.2 Å². The molecule has 0 unspecified atom stereocenters. The molecule has 2 heterocycles. The number of rotatable bonds is 6. The average Bonchev–Trinajstić information content (AvgIpc) is 3.20. The fraction of sp³-hybridized carbons (Fsp3) is 0.286. The molecule has 2 aromatic carbocycles. The van der Waals surface area contributed by atoms with E-state index in [-0.39, 0.29) is 10.8 Å². The Morgan fingerprint density at radius 1 is 1.14 bits per heavy atom. The molecule has 150 valence electrons. The van der Waals surface area contributed by atoms with Crippen molar-refractivity contribution in [2.75, 3.05) is 18.4 Å². The summed E-state index contributed by atoms with van der Waals surface area (Å²) >= 11 is 12.5. The average molecular weight is 431 g/mol. The highest BCUT2D eigenvalue weighted by Gasteiger charge is 2.23. The van der Waals surface area contributed by atoms with E-state index in [1.165, 1.54) is 12.8 Å². The molecule has 1 aliphatic rings. The molecule has 1 fully saturated rings. The molecule has 0 radical (unpaired) electrons. The lowest BCUT2D eigenvalue weighted by Crippen LogP contribution is -2.18. The van der Waals surface area contributed by atoms with E-state index in [4.69, 9.17) is 23.2 Å². The number of benzene rings is 2. The molecule has 0 saturated carbocycles. The van der Waals surface area contributed by atoms with Gasteiger partial charge >= 0.3 is 5.69 Å². The minimum Gasteiger partial charge on any atom is -0.375 e. The predicted octanol–water partition coefficient (Wildman–Crippen LogP) is 5.66. The lowest BCUT2D eigenvalue weighted by Gasteiger charge is -2.17. The number of fused-ring (bicyclic) bond motifs is 1. The number of anilines is 1. The molecule has 6 nitrogen and oxygen atoms in total. The standard InChI is InChI=1S/C21H20Cl2N4O2/c22-17-8-7-14(11-15(17)13-26-9-3-4-10-26)12-24-19-16-5-1-2-6-18(16)25-21(23)20(19)27(28)29/h1-2,5-8,11H,3-4,9-10,12-13H2,(H,24,25). The number of aromatic nitrogens is 1. The highest BCUT2D eigenvalue weighted by Crippen LogP contribution is 2.37. The summed E-state index contributed by atoms with van der Waals surface area (Å²) in [5.41, 5.74) is 2.84. The third kappa shape index (κ3) is 4.29. The normalized spacial score (nSPS) is 14.4. The van der Waals surface area contributed by atoms with Gasteiger partial charge in [0.25, 0.3) is 0 Å². The maximum Gasteiger partial charge on any atom is 0.329 e. The molecule has 0 atom stereocenters. The first-order valence-corrected chi connectivity index (χ1v) is 10.2. The largest absolute Gasteiger partial charge is 0.375 e. The van der Waals surface area contributed by atoms with Gasteiger partial charge in [-0.25, -0.2) is 4.98 Å². The van der Waals surface area contributed by atoms with Crippen LogP contribution < -0.4 is 5.32 Å². The fourth-order valence-electron chi connectivity index (χ4n) is 3.75. The van der Waals surface area contributed by atoms with Crippen molar-refractivity contribution >= 4 is 45.5 Å². The van der Waals surface area contributed by atoms with Crippen molar-refractivity contribution in [2.45, 2.75) is 25.9 Å². The van der Waals surface area contributed by atoms with Gasteiger partial charge in [-0.05, 0) is 49.2 Å². The van der Waals surface area contributed by atoms with E-state index in [9.17, 15) is 10.1 Å². The number of pyridine rings is 1. The van der Waals surface area contributed by atoms with Crippen molar-refractivity contribution in [3.8, 4) is 0 Å². The molecule has 1 aromatic heterocycles. The number of likely N-dealkylation sites (tertiary alicyclic amines) is 1. The summed E-state index contributed by atoms with van der Waals surface area (Å²) in [6.45, 7) is 3.41. The number of para-hydroxylation sites is 1.